The second-order valence-corrected chi connectivity index (χ2v) is 8.41. The van der Waals surface area contributed by atoms with Crippen LogP contribution in [-0.4, -0.2) is 45.5 Å². The molecule has 0 radical (unpaired) electrons. The average Bonchev–Trinajstić information content (AvgIpc) is 3.45. The number of rotatable bonds is 7. The minimum absolute atomic E-state index is 0.229. The Morgan fingerprint density at radius 1 is 1.33 bits per heavy atom. The van der Waals surface area contributed by atoms with E-state index in [1.54, 1.807) is 10.9 Å². The number of carbonyl (C=O) groups excluding carboxylic acids is 1. The lowest BCUT2D eigenvalue weighted by Gasteiger charge is -2.33. The highest BCUT2D eigenvalue weighted by Gasteiger charge is 2.20. The number of thiazole rings is 1. The highest BCUT2D eigenvalue weighted by Crippen LogP contribution is 2.26. The van der Waals surface area contributed by atoms with Crippen LogP contribution in [0.15, 0.2) is 42.2 Å². The van der Waals surface area contributed by atoms with Crippen molar-refractivity contribution in [1.29, 1.82) is 0 Å². The standard InChI is InChI=1S/C21H26N6O2S/c1-26-14-17(13-24-26)18-3-2-4-19(25-18)27-10-6-16(7-11-27)5-8-23-21(28)29-15-20-22-9-12-30-20/h2-4,9,12-14,16H,5-8,10-11,15H2,1H3,(H,23,28). The molecule has 0 saturated carbocycles. The van der Waals surface area contributed by atoms with Gasteiger partial charge in [0.25, 0.3) is 0 Å². The maximum atomic E-state index is 11.8. The zero-order chi connectivity index (χ0) is 20.8. The van der Waals surface area contributed by atoms with Crippen LogP contribution in [0, 0.1) is 5.92 Å². The molecule has 0 spiro atoms. The van der Waals surface area contributed by atoms with Gasteiger partial charge < -0.3 is 15.0 Å². The van der Waals surface area contributed by atoms with E-state index < -0.39 is 0 Å². The highest BCUT2D eigenvalue weighted by molar-refractivity contribution is 7.09. The smallest absolute Gasteiger partial charge is 0.407 e. The summed E-state index contributed by atoms with van der Waals surface area (Å²) in [6.45, 7) is 2.81. The van der Waals surface area contributed by atoms with Crippen molar-refractivity contribution in [3.8, 4) is 11.3 Å². The summed E-state index contributed by atoms with van der Waals surface area (Å²) >= 11 is 1.48. The number of amides is 1. The number of carbonyl (C=O) groups is 1. The molecule has 1 fully saturated rings. The van der Waals surface area contributed by atoms with Crippen molar-refractivity contribution in [2.75, 3.05) is 24.5 Å². The molecule has 3 aromatic heterocycles. The summed E-state index contributed by atoms with van der Waals surface area (Å²) < 4.78 is 6.97. The van der Waals surface area contributed by atoms with Crippen LogP contribution in [0.5, 0.6) is 0 Å². The first-order valence-electron chi connectivity index (χ1n) is 10.2. The van der Waals surface area contributed by atoms with Crippen LogP contribution < -0.4 is 10.2 Å². The molecule has 1 N–H and O–H groups in total. The van der Waals surface area contributed by atoms with Crippen molar-refractivity contribution in [3.63, 3.8) is 0 Å². The second kappa shape index (κ2) is 9.71. The van der Waals surface area contributed by atoms with Crippen LogP contribution >= 0.6 is 11.3 Å². The van der Waals surface area contributed by atoms with Crippen LogP contribution in [0.25, 0.3) is 11.3 Å². The Morgan fingerprint density at radius 2 is 2.20 bits per heavy atom. The van der Waals surface area contributed by atoms with Crippen molar-refractivity contribution in [2.45, 2.75) is 25.9 Å². The third-order valence-corrected chi connectivity index (χ3v) is 6.06. The monoisotopic (exact) mass is 426 g/mol. The van der Waals surface area contributed by atoms with Crippen molar-refractivity contribution in [2.24, 2.45) is 13.0 Å². The van der Waals surface area contributed by atoms with Crippen molar-refractivity contribution in [1.82, 2.24) is 25.1 Å². The molecule has 1 aliphatic rings. The largest absolute Gasteiger partial charge is 0.442 e. The predicted molar refractivity (Wildman–Crippen MR) is 116 cm³/mol. The number of nitrogens with zero attached hydrogens (tertiary/aromatic N) is 5. The first-order valence-corrected chi connectivity index (χ1v) is 11.1. The van der Waals surface area contributed by atoms with Gasteiger partial charge in [-0.15, -0.1) is 11.3 Å². The number of hydrogen-bond acceptors (Lipinski definition) is 7. The zero-order valence-electron chi connectivity index (χ0n) is 17.0. The molecule has 158 valence electrons. The third-order valence-electron chi connectivity index (χ3n) is 5.31. The van der Waals surface area contributed by atoms with E-state index in [-0.39, 0.29) is 12.7 Å². The fraction of sp³-hybridized carbons (Fsp3) is 0.429. The maximum Gasteiger partial charge on any atom is 0.407 e. The van der Waals surface area contributed by atoms with Gasteiger partial charge in [0.2, 0.25) is 0 Å². The topological polar surface area (TPSA) is 85.2 Å². The summed E-state index contributed by atoms with van der Waals surface area (Å²) in [7, 11) is 1.91. The van der Waals surface area contributed by atoms with Crippen LogP contribution in [-0.2, 0) is 18.4 Å². The number of hydrogen-bond donors (Lipinski definition) is 1. The Bertz CT molecular complexity index is 950. The number of piperidine rings is 1. The number of aromatic nitrogens is 4. The molecule has 9 heteroatoms. The van der Waals surface area contributed by atoms with Gasteiger partial charge in [0.05, 0.1) is 11.9 Å². The van der Waals surface area contributed by atoms with Crippen molar-refractivity contribution in [3.05, 3.63) is 47.2 Å². The van der Waals surface area contributed by atoms with E-state index >= 15 is 0 Å². The van der Waals surface area contributed by atoms with Crippen LogP contribution in [0.1, 0.15) is 24.3 Å². The summed E-state index contributed by atoms with van der Waals surface area (Å²) in [5.74, 6) is 1.61. The quantitative estimate of drug-likeness (QED) is 0.623. The van der Waals surface area contributed by atoms with Gasteiger partial charge in [0.1, 0.15) is 17.4 Å². The van der Waals surface area contributed by atoms with E-state index in [2.05, 4.69) is 32.4 Å². The SMILES string of the molecule is Cn1cc(-c2cccc(N3CCC(CCNC(=O)OCc4nccs4)CC3)n2)cn1. The second-order valence-electron chi connectivity index (χ2n) is 7.43. The fourth-order valence-corrected chi connectivity index (χ4v) is 4.17. The van der Waals surface area contributed by atoms with Gasteiger partial charge in [-0.1, -0.05) is 6.07 Å². The minimum Gasteiger partial charge on any atom is -0.442 e. The lowest BCUT2D eigenvalue weighted by atomic mass is 9.93. The first kappa shape index (κ1) is 20.3. The molecule has 3 aromatic rings. The van der Waals surface area contributed by atoms with Crippen LogP contribution in [0.2, 0.25) is 0 Å². The molecule has 0 aliphatic carbocycles. The Morgan fingerprint density at radius 3 is 2.93 bits per heavy atom. The van der Waals surface area contributed by atoms with Gasteiger partial charge in [-0.3, -0.25) is 4.68 Å². The molecule has 0 unspecified atom stereocenters. The summed E-state index contributed by atoms with van der Waals surface area (Å²) in [4.78, 5) is 23.1. The van der Waals surface area contributed by atoms with E-state index in [0.717, 1.165) is 54.4 Å². The van der Waals surface area contributed by atoms with Crippen molar-refractivity contribution >= 4 is 23.2 Å². The molecule has 0 aromatic carbocycles. The van der Waals surface area contributed by atoms with E-state index in [1.165, 1.54) is 11.3 Å². The molecule has 1 amide bonds. The van der Waals surface area contributed by atoms with E-state index in [1.807, 2.05) is 30.9 Å². The molecule has 0 bridgehead atoms. The Labute approximate surface area is 179 Å². The highest BCUT2D eigenvalue weighted by atomic mass is 32.1. The Balaban J connectivity index is 1.19. The molecule has 1 aliphatic heterocycles. The van der Waals surface area contributed by atoms with Gasteiger partial charge >= 0.3 is 6.09 Å². The van der Waals surface area contributed by atoms with E-state index in [4.69, 9.17) is 9.72 Å². The Hall–Kier alpha value is -2.94. The Kier molecular flexibility index (Phi) is 6.58. The summed E-state index contributed by atoms with van der Waals surface area (Å²) in [6.07, 6.45) is 8.30. The fourth-order valence-electron chi connectivity index (χ4n) is 3.65. The zero-order valence-corrected chi connectivity index (χ0v) is 17.8. The average molecular weight is 427 g/mol. The van der Waals surface area contributed by atoms with Crippen molar-refractivity contribution < 1.29 is 9.53 Å². The third kappa shape index (κ3) is 5.35. The lowest BCUT2D eigenvalue weighted by Crippen LogP contribution is -2.35. The molecule has 8 nitrogen and oxygen atoms in total. The van der Waals surface area contributed by atoms with Crippen LogP contribution in [0.4, 0.5) is 10.6 Å². The van der Waals surface area contributed by atoms with Gasteiger partial charge in [-0.25, -0.2) is 14.8 Å². The maximum absolute atomic E-state index is 11.8. The molecule has 0 atom stereocenters. The molecular weight excluding hydrogens is 400 g/mol. The van der Waals surface area contributed by atoms with Gasteiger partial charge in [0, 0.05) is 50.0 Å². The first-order chi connectivity index (χ1) is 14.7. The lowest BCUT2D eigenvalue weighted by molar-refractivity contribution is 0.138. The molecule has 4 heterocycles. The number of aryl methyl sites for hydroxylation is 1. The molecular formula is C21H26N6O2S. The van der Waals surface area contributed by atoms with E-state index in [0.29, 0.717) is 12.5 Å². The number of alkyl carbamates (subject to hydrolysis) is 1. The molecule has 30 heavy (non-hydrogen) atoms. The number of nitrogens with one attached hydrogen (secondary N) is 1. The minimum atomic E-state index is -0.376. The summed E-state index contributed by atoms with van der Waals surface area (Å²) in [5, 5.41) is 9.75. The predicted octanol–water partition coefficient (Wildman–Crippen LogP) is 3.47. The normalized spacial score (nSPS) is 14.6. The number of pyridine rings is 1. The molecule has 4 rings (SSSR count). The number of ether oxygens (including phenoxy) is 1. The van der Waals surface area contributed by atoms with E-state index in [9.17, 15) is 4.79 Å². The molecule has 1 saturated heterocycles. The summed E-state index contributed by atoms with van der Waals surface area (Å²) in [5.41, 5.74) is 1.98. The number of anilines is 1. The van der Waals surface area contributed by atoms with Crippen LogP contribution in [0.3, 0.4) is 0 Å². The summed E-state index contributed by atoms with van der Waals surface area (Å²) in [6, 6.07) is 6.14. The van der Waals surface area contributed by atoms with Gasteiger partial charge in [0.15, 0.2) is 0 Å². The van der Waals surface area contributed by atoms with Gasteiger partial charge in [-0.2, -0.15) is 5.10 Å². The van der Waals surface area contributed by atoms with Gasteiger partial charge in [-0.05, 0) is 37.3 Å².